The number of rotatable bonds is 5. The normalized spacial score (nSPS) is 10.6. The van der Waals surface area contributed by atoms with Crippen LogP contribution >= 0.6 is 15.9 Å². The first kappa shape index (κ1) is 18.2. The van der Waals surface area contributed by atoms with Crippen LogP contribution in [0.2, 0.25) is 0 Å². The van der Waals surface area contributed by atoms with Gasteiger partial charge in [-0.2, -0.15) is 0 Å². The molecule has 3 rings (SSSR count). The summed E-state index contributed by atoms with van der Waals surface area (Å²) in [6, 6.07) is 11.0. The second-order valence-corrected chi connectivity index (χ2v) is 6.25. The Kier molecular flexibility index (Phi) is 4.69. The molecular formula is C16H9BrN4O6. The average molecular weight is 433 g/mol. The lowest BCUT2D eigenvalue weighted by atomic mass is 10.0. The van der Waals surface area contributed by atoms with Gasteiger partial charge in [0.15, 0.2) is 0 Å². The van der Waals surface area contributed by atoms with Crippen LogP contribution in [0.4, 0.5) is 28.4 Å². The topological polar surface area (TPSA) is 141 Å². The van der Waals surface area contributed by atoms with E-state index in [0.29, 0.717) is 10.2 Å². The van der Waals surface area contributed by atoms with Gasteiger partial charge in [0.1, 0.15) is 5.69 Å². The van der Waals surface area contributed by atoms with E-state index in [4.69, 9.17) is 0 Å². The maximum absolute atomic E-state index is 11.5. The van der Waals surface area contributed by atoms with Gasteiger partial charge in [-0.15, -0.1) is 0 Å². The highest BCUT2D eigenvalue weighted by Gasteiger charge is 2.26. The van der Waals surface area contributed by atoms with Crippen LogP contribution in [0.25, 0.3) is 10.8 Å². The quantitative estimate of drug-likeness (QED) is 0.437. The van der Waals surface area contributed by atoms with E-state index < -0.39 is 20.5 Å². The van der Waals surface area contributed by atoms with Gasteiger partial charge in [-0.1, -0.05) is 18.2 Å². The minimum atomic E-state index is -0.721. The molecule has 0 aliphatic rings. The second kappa shape index (κ2) is 6.96. The van der Waals surface area contributed by atoms with Crippen molar-refractivity contribution in [3.05, 3.63) is 83.3 Å². The minimum Gasteiger partial charge on any atom is -0.348 e. The molecule has 0 aromatic heterocycles. The number of hydrogen-bond donors (Lipinski definition) is 1. The van der Waals surface area contributed by atoms with Crippen molar-refractivity contribution >= 4 is 55.1 Å². The molecule has 0 aliphatic carbocycles. The maximum Gasteiger partial charge on any atom is 0.300 e. The Morgan fingerprint density at radius 1 is 0.778 bits per heavy atom. The Morgan fingerprint density at radius 3 is 1.96 bits per heavy atom. The van der Waals surface area contributed by atoms with Crippen LogP contribution < -0.4 is 5.32 Å². The first-order valence-corrected chi connectivity index (χ1v) is 8.14. The number of benzene rings is 3. The molecule has 27 heavy (non-hydrogen) atoms. The molecule has 3 aromatic carbocycles. The van der Waals surface area contributed by atoms with Gasteiger partial charge in [0, 0.05) is 22.0 Å². The smallest absolute Gasteiger partial charge is 0.300 e. The van der Waals surface area contributed by atoms with Crippen molar-refractivity contribution in [1.82, 2.24) is 0 Å². The van der Waals surface area contributed by atoms with Crippen LogP contribution in [0, 0.1) is 30.3 Å². The number of halogens is 1. The van der Waals surface area contributed by atoms with Crippen molar-refractivity contribution in [2.24, 2.45) is 0 Å². The van der Waals surface area contributed by atoms with E-state index in [1.165, 1.54) is 30.3 Å². The highest BCUT2D eigenvalue weighted by molar-refractivity contribution is 9.10. The molecular weight excluding hydrogens is 424 g/mol. The van der Waals surface area contributed by atoms with Crippen LogP contribution in [0.15, 0.2) is 53.0 Å². The zero-order chi connectivity index (χ0) is 19.7. The van der Waals surface area contributed by atoms with Crippen LogP contribution in [0.1, 0.15) is 0 Å². The van der Waals surface area contributed by atoms with Gasteiger partial charge < -0.3 is 5.32 Å². The molecule has 10 nitrogen and oxygen atoms in total. The van der Waals surface area contributed by atoms with E-state index in [1.54, 1.807) is 12.1 Å². The van der Waals surface area contributed by atoms with Crippen molar-refractivity contribution in [3.63, 3.8) is 0 Å². The van der Waals surface area contributed by atoms with E-state index in [2.05, 4.69) is 21.2 Å². The van der Waals surface area contributed by atoms with Crippen molar-refractivity contribution in [2.75, 3.05) is 5.32 Å². The number of anilines is 2. The largest absolute Gasteiger partial charge is 0.348 e. The zero-order valence-electron chi connectivity index (χ0n) is 13.3. The molecule has 11 heteroatoms. The van der Waals surface area contributed by atoms with Crippen molar-refractivity contribution in [2.45, 2.75) is 0 Å². The third-order valence-electron chi connectivity index (χ3n) is 3.82. The van der Waals surface area contributed by atoms with Gasteiger partial charge in [-0.05, 0) is 28.1 Å². The fraction of sp³-hybridized carbons (Fsp3) is 0. The predicted molar refractivity (Wildman–Crippen MR) is 101 cm³/mol. The molecule has 0 spiro atoms. The van der Waals surface area contributed by atoms with Crippen LogP contribution in [0.5, 0.6) is 0 Å². The Hall–Kier alpha value is -3.60. The number of nitro benzene ring substituents is 3. The van der Waals surface area contributed by atoms with Crippen molar-refractivity contribution in [1.29, 1.82) is 0 Å². The molecule has 0 bridgehead atoms. The molecule has 0 saturated carbocycles. The second-order valence-electron chi connectivity index (χ2n) is 5.40. The minimum absolute atomic E-state index is 0.0516. The summed E-state index contributed by atoms with van der Waals surface area (Å²) in [5, 5.41) is 37.0. The third kappa shape index (κ3) is 3.40. The third-order valence-corrected chi connectivity index (χ3v) is 4.47. The number of nitro groups is 3. The summed E-state index contributed by atoms with van der Waals surface area (Å²) in [7, 11) is 0. The van der Waals surface area contributed by atoms with Crippen molar-refractivity contribution in [3.8, 4) is 0 Å². The fourth-order valence-electron chi connectivity index (χ4n) is 2.62. The average Bonchev–Trinajstić information content (AvgIpc) is 2.62. The number of fused-ring (bicyclic) bond motifs is 1. The summed E-state index contributed by atoms with van der Waals surface area (Å²) < 4.78 is 0.313. The Bertz CT molecular complexity index is 1120. The van der Waals surface area contributed by atoms with Gasteiger partial charge >= 0.3 is 0 Å². The lowest BCUT2D eigenvalue weighted by Gasteiger charge is -2.12. The van der Waals surface area contributed by atoms with E-state index >= 15 is 0 Å². The van der Waals surface area contributed by atoms with Crippen LogP contribution in [-0.4, -0.2) is 14.8 Å². The zero-order valence-corrected chi connectivity index (χ0v) is 14.9. The number of hydrogen-bond acceptors (Lipinski definition) is 7. The Morgan fingerprint density at radius 2 is 1.41 bits per heavy atom. The van der Waals surface area contributed by atoms with Crippen molar-refractivity contribution < 1.29 is 14.8 Å². The molecule has 0 saturated heterocycles. The highest BCUT2D eigenvalue weighted by atomic mass is 79.9. The Labute approximate surface area is 159 Å². The standard InChI is InChI=1S/C16H9BrN4O6/c17-12-7-9(19(22)23)5-6-13(12)18-16-11-4-2-1-3-10(11)14(20(24)25)8-15(16)21(26)27/h1-8,18H. The van der Waals surface area contributed by atoms with Gasteiger partial charge in [0.25, 0.3) is 17.1 Å². The lowest BCUT2D eigenvalue weighted by Crippen LogP contribution is -2.01. The summed E-state index contributed by atoms with van der Waals surface area (Å²) in [6.45, 7) is 0. The monoisotopic (exact) mass is 432 g/mol. The number of non-ortho nitro benzene ring substituents is 2. The van der Waals surface area contributed by atoms with E-state index in [1.807, 2.05) is 0 Å². The van der Waals surface area contributed by atoms with Crippen LogP contribution in [-0.2, 0) is 0 Å². The SMILES string of the molecule is O=[N+]([O-])c1ccc(Nc2c([N+](=O)[O-])cc([N+](=O)[O-])c3ccccc23)c(Br)c1. The molecule has 0 aliphatic heterocycles. The molecule has 0 radical (unpaired) electrons. The lowest BCUT2D eigenvalue weighted by molar-refractivity contribution is -0.392. The first-order chi connectivity index (χ1) is 12.8. The van der Waals surface area contributed by atoms with Gasteiger partial charge in [-0.3, -0.25) is 30.3 Å². The van der Waals surface area contributed by atoms with Gasteiger partial charge in [-0.25, -0.2) is 0 Å². The highest BCUT2D eigenvalue weighted by Crippen LogP contribution is 2.42. The summed E-state index contributed by atoms with van der Waals surface area (Å²) in [6.07, 6.45) is 0. The summed E-state index contributed by atoms with van der Waals surface area (Å²) in [5.74, 6) is 0. The molecule has 0 fully saturated rings. The van der Waals surface area contributed by atoms with Crippen LogP contribution in [0.3, 0.4) is 0 Å². The molecule has 0 unspecified atom stereocenters. The van der Waals surface area contributed by atoms with E-state index in [-0.39, 0.29) is 27.8 Å². The maximum atomic E-state index is 11.5. The molecule has 136 valence electrons. The molecule has 0 heterocycles. The summed E-state index contributed by atoms with van der Waals surface area (Å²) in [5.41, 5.74) is -0.634. The number of nitrogens with one attached hydrogen (secondary N) is 1. The number of nitrogens with zero attached hydrogens (tertiary/aromatic N) is 3. The summed E-state index contributed by atoms with van der Waals surface area (Å²) in [4.78, 5) is 31.7. The Balaban J connectivity index is 2.24. The van der Waals surface area contributed by atoms with Gasteiger partial charge in [0.2, 0.25) is 0 Å². The molecule has 0 atom stereocenters. The molecule has 3 aromatic rings. The fourth-order valence-corrected chi connectivity index (χ4v) is 3.09. The van der Waals surface area contributed by atoms with Gasteiger partial charge in [0.05, 0.1) is 31.9 Å². The van der Waals surface area contributed by atoms with E-state index in [9.17, 15) is 30.3 Å². The van der Waals surface area contributed by atoms with E-state index in [0.717, 1.165) is 6.07 Å². The predicted octanol–water partition coefficient (Wildman–Crippen LogP) is 5.07. The first-order valence-electron chi connectivity index (χ1n) is 7.35. The summed E-state index contributed by atoms with van der Waals surface area (Å²) >= 11 is 3.19. The molecule has 1 N–H and O–H groups in total. The molecule has 0 amide bonds.